The van der Waals surface area contributed by atoms with Crippen molar-refractivity contribution in [2.75, 3.05) is 16.8 Å². The van der Waals surface area contributed by atoms with Gasteiger partial charge < -0.3 is 11.1 Å². The number of carbonyl (C=O) groups excluding carboxylic acids is 1. The van der Waals surface area contributed by atoms with Crippen molar-refractivity contribution < 1.29 is 17.6 Å². The largest absolute Gasteiger partial charge is 0.399 e. The van der Waals surface area contributed by atoms with Gasteiger partial charge in [-0.05, 0) is 25.1 Å². The van der Waals surface area contributed by atoms with E-state index in [9.17, 15) is 17.6 Å². The first kappa shape index (κ1) is 14.4. The van der Waals surface area contributed by atoms with E-state index < -0.39 is 26.8 Å². The zero-order valence-corrected chi connectivity index (χ0v) is 10.9. The number of nitrogens with two attached hydrogens (primary N) is 1. The Labute approximate surface area is 105 Å². The summed E-state index contributed by atoms with van der Waals surface area (Å²) in [6.45, 7) is 2.71. The van der Waals surface area contributed by atoms with Gasteiger partial charge in [0.2, 0.25) is 5.91 Å². The number of rotatable bonds is 4. The molecule has 1 amide bonds. The van der Waals surface area contributed by atoms with Crippen LogP contribution in [0, 0.1) is 5.82 Å². The molecule has 0 aromatic heterocycles. The van der Waals surface area contributed by atoms with Crippen molar-refractivity contribution in [1.82, 2.24) is 0 Å². The van der Waals surface area contributed by atoms with Crippen LogP contribution in [0.5, 0.6) is 0 Å². The van der Waals surface area contributed by atoms with Crippen LogP contribution in [0.1, 0.15) is 13.8 Å². The van der Waals surface area contributed by atoms with Gasteiger partial charge in [-0.15, -0.1) is 0 Å². The fourth-order valence-corrected chi connectivity index (χ4v) is 2.17. The van der Waals surface area contributed by atoms with E-state index in [1.54, 1.807) is 0 Å². The molecule has 0 fully saturated rings. The molecule has 0 heterocycles. The number of nitrogen functional groups attached to an aromatic ring is 1. The number of anilines is 2. The zero-order chi connectivity index (χ0) is 13.9. The molecule has 18 heavy (non-hydrogen) atoms. The summed E-state index contributed by atoms with van der Waals surface area (Å²) < 4.78 is 36.4. The molecule has 100 valence electrons. The lowest BCUT2D eigenvalue weighted by molar-refractivity contribution is -0.115. The van der Waals surface area contributed by atoms with Crippen LogP contribution in [-0.2, 0) is 14.6 Å². The lowest BCUT2D eigenvalue weighted by atomic mass is 10.2. The first-order valence-corrected chi connectivity index (χ1v) is 7.07. The smallest absolute Gasteiger partial charge is 0.242 e. The summed E-state index contributed by atoms with van der Waals surface area (Å²) in [6.07, 6.45) is 0. The Kier molecular flexibility index (Phi) is 4.28. The van der Waals surface area contributed by atoms with Gasteiger partial charge in [-0.25, -0.2) is 12.8 Å². The van der Waals surface area contributed by atoms with Crippen molar-refractivity contribution >= 4 is 27.1 Å². The molecule has 0 saturated carbocycles. The number of benzene rings is 1. The molecule has 5 nitrogen and oxygen atoms in total. The SMILES string of the molecule is CCS(=O)(=O)C(C)C(=O)Nc1cc(N)ccc1F. The standard InChI is InChI=1S/C11H15FN2O3S/c1-3-18(16,17)7(2)11(15)14-10-6-8(13)4-5-9(10)12/h4-7H,3,13H2,1-2H3,(H,14,15). The van der Waals surface area contributed by atoms with E-state index in [-0.39, 0.29) is 17.1 Å². The molecule has 1 atom stereocenters. The summed E-state index contributed by atoms with van der Waals surface area (Å²) in [7, 11) is -3.51. The van der Waals surface area contributed by atoms with Gasteiger partial charge in [-0.3, -0.25) is 4.79 Å². The van der Waals surface area contributed by atoms with Crippen molar-refractivity contribution in [3.8, 4) is 0 Å². The van der Waals surface area contributed by atoms with E-state index >= 15 is 0 Å². The van der Waals surface area contributed by atoms with Crippen molar-refractivity contribution in [3.05, 3.63) is 24.0 Å². The van der Waals surface area contributed by atoms with Gasteiger partial charge in [-0.1, -0.05) is 6.92 Å². The number of amides is 1. The maximum absolute atomic E-state index is 13.4. The number of sulfone groups is 1. The van der Waals surface area contributed by atoms with Gasteiger partial charge in [0.1, 0.15) is 11.1 Å². The molecule has 0 aliphatic heterocycles. The summed E-state index contributed by atoms with van der Waals surface area (Å²) in [5.41, 5.74) is 5.60. The maximum Gasteiger partial charge on any atom is 0.242 e. The second kappa shape index (κ2) is 5.34. The molecular formula is C11H15FN2O3S. The first-order valence-electron chi connectivity index (χ1n) is 5.35. The molecule has 1 unspecified atom stereocenters. The zero-order valence-electron chi connectivity index (χ0n) is 10.1. The third kappa shape index (κ3) is 3.19. The highest BCUT2D eigenvalue weighted by Gasteiger charge is 2.26. The van der Waals surface area contributed by atoms with Crippen molar-refractivity contribution in [2.24, 2.45) is 0 Å². The fourth-order valence-electron chi connectivity index (χ4n) is 1.29. The minimum atomic E-state index is -3.51. The Balaban J connectivity index is 2.92. The second-order valence-corrected chi connectivity index (χ2v) is 6.43. The Morgan fingerprint density at radius 3 is 2.67 bits per heavy atom. The third-order valence-corrected chi connectivity index (χ3v) is 4.65. The van der Waals surface area contributed by atoms with Crippen LogP contribution in [0.2, 0.25) is 0 Å². The van der Waals surface area contributed by atoms with Crippen LogP contribution >= 0.6 is 0 Å². The molecular weight excluding hydrogens is 259 g/mol. The Morgan fingerprint density at radius 2 is 2.11 bits per heavy atom. The van der Waals surface area contributed by atoms with E-state index in [1.165, 1.54) is 26.0 Å². The molecule has 0 aliphatic rings. The Morgan fingerprint density at radius 1 is 1.50 bits per heavy atom. The molecule has 0 aliphatic carbocycles. The molecule has 7 heteroatoms. The lowest BCUT2D eigenvalue weighted by Crippen LogP contribution is -2.33. The highest BCUT2D eigenvalue weighted by atomic mass is 32.2. The molecule has 3 N–H and O–H groups in total. The van der Waals surface area contributed by atoms with E-state index in [0.29, 0.717) is 0 Å². The normalized spacial score (nSPS) is 13.1. The summed E-state index contributed by atoms with van der Waals surface area (Å²) in [6, 6.07) is 3.68. The highest BCUT2D eigenvalue weighted by Crippen LogP contribution is 2.18. The minimum Gasteiger partial charge on any atom is -0.399 e. The predicted octanol–water partition coefficient (Wildman–Crippen LogP) is 1.17. The van der Waals surface area contributed by atoms with Crippen LogP contribution < -0.4 is 11.1 Å². The number of hydrogen-bond acceptors (Lipinski definition) is 4. The summed E-state index contributed by atoms with van der Waals surface area (Å²) >= 11 is 0. The summed E-state index contributed by atoms with van der Waals surface area (Å²) in [5, 5.41) is 0.985. The molecule has 1 rings (SSSR count). The number of nitrogens with one attached hydrogen (secondary N) is 1. The Bertz CT molecular complexity index is 557. The molecule has 0 spiro atoms. The van der Waals surface area contributed by atoms with Crippen LogP contribution in [-0.4, -0.2) is 25.3 Å². The van der Waals surface area contributed by atoms with Crippen molar-refractivity contribution in [1.29, 1.82) is 0 Å². The van der Waals surface area contributed by atoms with Gasteiger partial charge >= 0.3 is 0 Å². The summed E-state index contributed by atoms with van der Waals surface area (Å²) in [4.78, 5) is 11.7. The van der Waals surface area contributed by atoms with Crippen molar-refractivity contribution in [3.63, 3.8) is 0 Å². The van der Waals surface area contributed by atoms with Gasteiger partial charge in [0.15, 0.2) is 9.84 Å². The van der Waals surface area contributed by atoms with Crippen LogP contribution in [0.15, 0.2) is 18.2 Å². The second-order valence-electron chi connectivity index (χ2n) is 3.82. The first-order chi connectivity index (χ1) is 8.27. The molecule has 1 aromatic rings. The topological polar surface area (TPSA) is 89.3 Å². The molecule has 0 saturated heterocycles. The average Bonchev–Trinajstić information content (AvgIpc) is 2.32. The quantitative estimate of drug-likeness (QED) is 0.806. The van der Waals surface area contributed by atoms with Gasteiger partial charge in [0, 0.05) is 11.4 Å². The van der Waals surface area contributed by atoms with E-state index in [2.05, 4.69) is 5.32 Å². The van der Waals surface area contributed by atoms with Crippen molar-refractivity contribution in [2.45, 2.75) is 19.1 Å². The Hall–Kier alpha value is -1.63. The molecule has 1 aromatic carbocycles. The van der Waals surface area contributed by atoms with Gasteiger partial charge in [0.25, 0.3) is 0 Å². The van der Waals surface area contributed by atoms with Gasteiger partial charge in [0.05, 0.1) is 5.69 Å². The highest BCUT2D eigenvalue weighted by molar-refractivity contribution is 7.92. The lowest BCUT2D eigenvalue weighted by Gasteiger charge is -2.12. The van der Waals surface area contributed by atoms with Gasteiger partial charge in [-0.2, -0.15) is 0 Å². The van der Waals surface area contributed by atoms with E-state index in [1.807, 2.05) is 0 Å². The monoisotopic (exact) mass is 274 g/mol. The fraction of sp³-hybridized carbons (Fsp3) is 0.364. The van der Waals surface area contributed by atoms with E-state index in [4.69, 9.17) is 5.73 Å². The number of hydrogen-bond donors (Lipinski definition) is 2. The minimum absolute atomic E-state index is 0.127. The maximum atomic E-state index is 13.4. The predicted molar refractivity (Wildman–Crippen MR) is 68.4 cm³/mol. The third-order valence-electron chi connectivity index (χ3n) is 2.56. The summed E-state index contributed by atoms with van der Waals surface area (Å²) in [5.74, 6) is -1.60. The van der Waals surface area contributed by atoms with Crippen LogP contribution in [0.25, 0.3) is 0 Å². The molecule has 0 bridgehead atoms. The number of halogens is 1. The average molecular weight is 274 g/mol. The van der Waals surface area contributed by atoms with Crippen LogP contribution in [0.4, 0.5) is 15.8 Å². The number of carbonyl (C=O) groups is 1. The molecule has 0 radical (unpaired) electrons. The van der Waals surface area contributed by atoms with E-state index in [0.717, 1.165) is 6.07 Å². The van der Waals surface area contributed by atoms with Crippen LogP contribution in [0.3, 0.4) is 0 Å².